The number of halogens is 7. The van der Waals surface area contributed by atoms with Gasteiger partial charge in [0.05, 0.1) is 5.56 Å². The van der Waals surface area contributed by atoms with Crippen LogP contribution in [0.25, 0.3) is 28.5 Å². The highest BCUT2D eigenvalue weighted by atomic mass is 35.5. The van der Waals surface area contributed by atoms with Crippen LogP contribution in [0.1, 0.15) is 12.5 Å². The zero-order chi connectivity index (χ0) is 22.4. The molecule has 1 aromatic carbocycles. The first-order chi connectivity index (χ1) is 14.5. The van der Waals surface area contributed by atoms with E-state index in [-0.39, 0.29) is 29.7 Å². The number of hydrogen-bond donors (Lipinski definition) is 0. The van der Waals surface area contributed by atoms with Crippen molar-refractivity contribution in [3.8, 4) is 28.6 Å². The zero-order valence-electron chi connectivity index (χ0n) is 16.0. The number of hydrogen-bond acceptors (Lipinski definition) is 5. The summed E-state index contributed by atoms with van der Waals surface area (Å²) in [5.74, 6) is -1.08. The predicted octanol–water partition coefficient (Wildman–Crippen LogP) is 5.82. The maximum absolute atomic E-state index is 13.4. The maximum Gasteiger partial charge on any atom is 0.425 e. The molecule has 0 radical (unpaired) electrons. The number of aromatic nitrogens is 4. The predicted molar refractivity (Wildman–Crippen MR) is 102 cm³/mol. The van der Waals surface area contributed by atoms with Crippen molar-refractivity contribution < 1.29 is 35.6 Å². The summed E-state index contributed by atoms with van der Waals surface area (Å²) >= 11 is 0. The molecule has 32 heavy (non-hydrogen) atoms. The standard InChI is InChI=1S/C19H12F6N4O2.ClH/c1-10(18(20,21)22)30-14-3-2-12(8-13(14)19(23,24)25)17-27-16(28-31-17)11-4-6-29-7-5-26-15(29)9-11;/h2-10H,1H3;1H. The van der Waals surface area contributed by atoms with Crippen LogP contribution in [0.4, 0.5) is 26.3 Å². The molecule has 13 heteroatoms. The Morgan fingerprint density at radius 3 is 2.44 bits per heavy atom. The minimum Gasteiger partial charge on any atom is -0.481 e. The van der Waals surface area contributed by atoms with Gasteiger partial charge in [0.25, 0.3) is 5.89 Å². The maximum atomic E-state index is 13.4. The van der Waals surface area contributed by atoms with Gasteiger partial charge in [-0.15, -0.1) is 12.4 Å². The highest BCUT2D eigenvalue weighted by molar-refractivity contribution is 5.85. The molecule has 170 valence electrons. The molecule has 0 saturated heterocycles. The second-order valence-electron chi connectivity index (χ2n) is 6.54. The summed E-state index contributed by atoms with van der Waals surface area (Å²) in [6.07, 6.45) is -7.20. The van der Waals surface area contributed by atoms with E-state index in [4.69, 9.17) is 4.52 Å². The summed E-state index contributed by atoms with van der Waals surface area (Å²) in [6, 6.07) is 5.84. The lowest BCUT2D eigenvalue weighted by Crippen LogP contribution is -2.31. The molecular weight excluding hydrogens is 466 g/mol. The molecule has 3 heterocycles. The molecule has 1 unspecified atom stereocenters. The van der Waals surface area contributed by atoms with E-state index in [1.807, 2.05) is 0 Å². The Kier molecular flexibility index (Phi) is 6.09. The Bertz CT molecular complexity index is 1230. The van der Waals surface area contributed by atoms with Gasteiger partial charge in [0, 0.05) is 29.7 Å². The highest BCUT2D eigenvalue weighted by Crippen LogP contribution is 2.40. The molecule has 0 fully saturated rings. The normalized spacial score (nSPS) is 13.1. The number of alkyl halides is 6. The summed E-state index contributed by atoms with van der Waals surface area (Å²) in [6.45, 7) is 0.620. The first-order valence-electron chi connectivity index (χ1n) is 8.74. The van der Waals surface area contributed by atoms with Crippen LogP contribution in [-0.2, 0) is 6.18 Å². The number of rotatable bonds is 4. The summed E-state index contributed by atoms with van der Waals surface area (Å²) in [5.41, 5.74) is -0.396. The van der Waals surface area contributed by atoms with E-state index in [0.29, 0.717) is 24.2 Å². The molecule has 3 aromatic heterocycles. The molecule has 4 aromatic rings. The van der Waals surface area contributed by atoms with Crippen molar-refractivity contribution in [3.63, 3.8) is 0 Å². The topological polar surface area (TPSA) is 65.5 Å². The zero-order valence-corrected chi connectivity index (χ0v) is 16.8. The molecule has 0 amide bonds. The number of pyridine rings is 1. The third-order valence-electron chi connectivity index (χ3n) is 4.38. The monoisotopic (exact) mass is 478 g/mol. The van der Waals surface area contributed by atoms with Crippen LogP contribution >= 0.6 is 12.4 Å². The lowest BCUT2D eigenvalue weighted by molar-refractivity contribution is -0.191. The SMILES string of the molecule is CC(Oc1ccc(-c2nc(-c3ccn4ccnc4c3)no2)cc1C(F)(F)F)C(F)(F)F.Cl. The van der Waals surface area contributed by atoms with Crippen molar-refractivity contribution in [2.45, 2.75) is 25.4 Å². The van der Waals surface area contributed by atoms with E-state index in [2.05, 4.69) is 19.9 Å². The molecule has 0 N–H and O–H groups in total. The molecule has 0 aliphatic heterocycles. The molecule has 0 bridgehead atoms. The molecule has 0 aliphatic rings. The van der Waals surface area contributed by atoms with Crippen LogP contribution in [0.3, 0.4) is 0 Å². The Hall–Kier alpha value is -3.28. The van der Waals surface area contributed by atoms with E-state index >= 15 is 0 Å². The smallest absolute Gasteiger partial charge is 0.425 e. The lowest BCUT2D eigenvalue weighted by atomic mass is 10.1. The summed E-state index contributed by atoms with van der Waals surface area (Å²) in [4.78, 5) is 8.21. The van der Waals surface area contributed by atoms with E-state index in [1.54, 1.807) is 35.1 Å². The fourth-order valence-corrected chi connectivity index (χ4v) is 2.75. The van der Waals surface area contributed by atoms with E-state index < -0.39 is 29.8 Å². The third-order valence-corrected chi connectivity index (χ3v) is 4.38. The molecular formula is C19H13ClF6N4O2. The molecule has 0 saturated carbocycles. The molecule has 0 spiro atoms. The van der Waals surface area contributed by atoms with Gasteiger partial charge in [-0.25, -0.2) is 4.98 Å². The fraction of sp³-hybridized carbons (Fsp3) is 0.211. The highest BCUT2D eigenvalue weighted by Gasteiger charge is 2.41. The Labute approximate surface area is 182 Å². The van der Waals surface area contributed by atoms with Gasteiger partial charge in [-0.1, -0.05) is 5.16 Å². The van der Waals surface area contributed by atoms with Crippen molar-refractivity contribution in [2.75, 3.05) is 0 Å². The van der Waals surface area contributed by atoms with Crippen LogP contribution in [0.2, 0.25) is 0 Å². The summed E-state index contributed by atoms with van der Waals surface area (Å²) in [7, 11) is 0. The van der Waals surface area contributed by atoms with Gasteiger partial charge >= 0.3 is 12.4 Å². The van der Waals surface area contributed by atoms with Gasteiger partial charge in [0.2, 0.25) is 5.82 Å². The molecule has 4 rings (SSSR count). The molecule has 0 aliphatic carbocycles. The summed E-state index contributed by atoms with van der Waals surface area (Å²) in [5, 5.41) is 3.76. The lowest BCUT2D eigenvalue weighted by Gasteiger charge is -2.20. The Morgan fingerprint density at radius 2 is 1.75 bits per heavy atom. The van der Waals surface area contributed by atoms with Gasteiger partial charge < -0.3 is 13.7 Å². The number of nitrogens with zero attached hydrogens (tertiary/aromatic N) is 4. The van der Waals surface area contributed by atoms with Crippen LogP contribution in [0.5, 0.6) is 5.75 Å². The largest absolute Gasteiger partial charge is 0.481 e. The first kappa shape index (κ1) is 23.4. The van der Waals surface area contributed by atoms with E-state index in [1.165, 1.54) is 0 Å². The van der Waals surface area contributed by atoms with Crippen molar-refractivity contribution >= 4 is 18.1 Å². The first-order valence-corrected chi connectivity index (χ1v) is 8.74. The van der Waals surface area contributed by atoms with Crippen LogP contribution in [0, 0.1) is 0 Å². The molecule has 1 atom stereocenters. The van der Waals surface area contributed by atoms with Crippen LogP contribution in [0.15, 0.2) is 53.4 Å². The number of fused-ring (bicyclic) bond motifs is 1. The van der Waals surface area contributed by atoms with Crippen LogP contribution < -0.4 is 4.74 Å². The van der Waals surface area contributed by atoms with Gasteiger partial charge in [-0.3, -0.25) is 0 Å². The van der Waals surface area contributed by atoms with Gasteiger partial charge in [-0.2, -0.15) is 31.3 Å². The summed E-state index contributed by atoms with van der Waals surface area (Å²) < 4.78 is 89.7. The minimum absolute atomic E-state index is 0. The Balaban J connectivity index is 0.00000289. The average Bonchev–Trinajstić information content (AvgIpc) is 3.35. The van der Waals surface area contributed by atoms with Gasteiger partial charge in [0.1, 0.15) is 11.4 Å². The van der Waals surface area contributed by atoms with Gasteiger partial charge in [0.15, 0.2) is 6.10 Å². The van der Waals surface area contributed by atoms with Crippen molar-refractivity contribution in [1.29, 1.82) is 0 Å². The second kappa shape index (κ2) is 8.34. The number of ether oxygens (including phenoxy) is 1. The van der Waals surface area contributed by atoms with Crippen molar-refractivity contribution in [2.24, 2.45) is 0 Å². The van der Waals surface area contributed by atoms with E-state index in [9.17, 15) is 26.3 Å². The van der Waals surface area contributed by atoms with E-state index in [0.717, 1.165) is 12.1 Å². The third kappa shape index (κ3) is 4.64. The number of imidazole rings is 1. The van der Waals surface area contributed by atoms with Crippen molar-refractivity contribution in [1.82, 2.24) is 19.5 Å². The average molecular weight is 479 g/mol. The quantitative estimate of drug-likeness (QED) is 0.346. The second-order valence-corrected chi connectivity index (χ2v) is 6.54. The number of benzene rings is 1. The van der Waals surface area contributed by atoms with Gasteiger partial charge in [-0.05, 0) is 37.3 Å². The molecule has 6 nitrogen and oxygen atoms in total. The fourth-order valence-electron chi connectivity index (χ4n) is 2.75. The Morgan fingerprint density at radius 1 is 1.00 bits per heavy atom. The van der Waals surface area contributed by atoms with Crippen LogP contribution in [-0.4, -0.2) is 31.8 Å². The minimum atomic E-state index is -4.97. The van der Waals surface area contributed by atoms with Crippen molar-refractivity contribution in [3.05, 3.63) is 54.5 Å².